The molecule has 0 aliphatic heterocycles. The molecule has 0 amide bonds. The third kappa shape index (κ3) is 2.98. The number of hydrogen-bond acceptors (Lipinski definition) is 6. The Kier molecular flexibility index (Phi) is 4.54. The summed E-state index contributed by atoms with van der Waals surface area (Å²) in [5, 5.41) is 20.0. The molecular weight excluding hydrogens is 288 g/mol. The van der Waals surface area contributed by atoms with E-state index in [4.69, 9.17) is 14.2 Å². The van der Waals surface area contributed by atoms with Gasteiger partial charge in [0.2, 0.25) is 0 Å². The molecule has 1 aliphatic carbocycles. The lowest BCUT2D eigenvalue weighted by Crippen LogP contribution is -2.37. The van der Waals surface area contributed by atoms with Gasteiger partial charge in [0.15, 0.2) is 11.6 Å². The van der Waals surface area contributed by atoms with Crippen molar-refractivity contribution in [1.29, 1.82) is 0 Å². The van der Waals surface area contributed by atoms with Crippen molar-refractivity contribution < 1.29 is 29.2 Å². The van der Waals surface area contributed by atoms with Gasteiger partial charge in [-0.25, -0.2) is 0 Å². The summed E-state index contributed by atoms with van der Waals surface area (Å²) in [6.07, 6.45) is 2.97. The predicted octanol–water partition coefficient (Wildman–Crippen LogP) is 2.19. The van der Waals surface area contributed by atoms with Crippen LogP contribution >= 0.6 is 0 Å². The van der Waals surface area contributed by atoms with E-state index in [1.54, 1.807) is 6.08 Å². The van der Waals surface area contributed by atoms with Crippen molar-refractivity contribution in [1.82, 2.24) is 0 Å². The highest BCUT2D eigenvalue weighted by atomic mass is 16.7. The lowest BCUT2D eigenvalue weighted by atomic mass is 9.92. The van der Waals surface area contributed by atoms with Gasteiger partial charge in [-0.2, -0.15) is 0 Å². The monoisotopic (exact) mass is 306 g/mol. The summed E-state index contributed by atoms with van der Waals surface area (Å²) in [5.41, 5.74) is 0.407. The number of rotatable bonds is 4. The third-order valence-corrected chi connectivity index (χ3v) is 3.56. The molecule has 22 heavy (non-hydrogen) atoms. The number of carbonyl (C=O) groups excluding carboxylic acids is 1. The molecule has 0 unspecified atom stereocenters. The molecular formula is C16H18O6. The largest absolute Gasteiger partial charge is 0.508 e. The second-order valence-corrected chi connectivity index (χ2v) is 4.84. The second kappa shape index (κ2) is 6.21. The molecule has 6 nitrogen and oxygen atoms in total. The van der Waals surface area contributed by atoms with Crippen LogP contribution in [-0.2, 0) is 14.3 Å². The Labute approximate surface area is 128 Å². The summed E-state index contributed by atoms with van der Waals surface area (Å²) >= 11 is 0. The Balaban J connectivity index is 2.47. The number of aromatic hydroxyl groups is 1. The highest BCUT2D eigenvalue weighted by Crippen LogP contribution is 2.32. The van der Waals surface area contributed by atoms with E-state index in [2.05, 4.69) is 0 Å². The average Bonchev–Trinajstić information content (AvgIpc) is 2.53. The zero-order valence-electron chi connectivity index (χ0n) is 12.6. The Morgan fingerprint density at radius 1 is 1.18 bits per heavy atom. The van der Waals surface area contributed by atoms with Crippen molar-refractivity contribution in [2.75, 3.05) is 21.3 Å². The van der Waals surface area contributed by atoms with E-state index >= 15 is 0 Å². The van der Waals surface area contributed by atoms with Gasteiger partial charge < -0.3 is 24.4 Å². The predicted molar refractivity (Wildman–Crippen MR) is 79.7 cm³/mol. The van der Waals surface area contributed by atoms with Gasteiger partial charge in [0.25, 0.3) is 0 Å². The highest BCUT2D eigenvalue weighted by molar-refractivity contribution is 6.05. The maximum atomic E-state index is 12.3. The van der Waals surface area contributed by atoms with E-state index in [0.717, 1.165) is 0 Å². The first-order valence-corrected chi connectivity index (χ1v) is 6.59. The molecule has 0 spiro atoms. The molecule has 2 rings (SSSR count). The first-order valence-electron chi connectivity index (χ1n) is 6.59. The molecule has 0 saturated carbocycles. The van der Waals surface area contributed by atoms with Crippen LogP contribution in [0.2, 0.25) is 0 Å². The molecule has 0 radical (unpaired) electrons. The van der Waals surface area contributed by atoms with Crippen molar-refractivity contribution in [3.63, 3.8) is 0 Å². The van der Waals surface area contributed by atoms with E-state index < -0.39 is 5.79 Å². The van der Waals surface area contributed by atoms with E-state index in [0.29, 0.717) is 5.75 Å². The number of allylic oxidation sites excluding steroid dienone is 2. The summed E-state index contributed by atoms with van der Waals surface area (Å²) in [5.74, 6) is -1.38. The smallest absolute Gasteiger partial charge is 0.194 e. The fourth-order valence-electron chi connectivity index (χ4n) is 2.25. The number of benzene rings is 1. The number of aliphatic hydroxyl groups is 1. The summed E-state index contributed by atoms with van der Waals surface area (Å²) in [7, 11) is 4.32. The minimum Gasteiger partial charge on any atom is -0.508 e. The van der Waals surface area contributed by atoms with Crippen molar-refractivity contribution >= 4 is 11.5 Å². The molecule has 2 N–H and O–H groups in total. The van der Waals surface area contributed by atoms with Gasteiger partial charge in [-0.1, -0.05) is 0 Å². The number of ketones is 1. The van der Waals surface area contributed by atoms with E-state index in [9.17, 15) is 15.0 Å². The maximum absolute atomic E-state index is 12.3. The van der Waals surface area contributed by atoms with Crippen molar-refractivity contribution in [2.24, 2.45) is 0 Å². The molecule has 6 heteroatoms. The normalized spacial score (nSPS) is 19.1. The van der Waals surface area contributed by atoms with Crippen LogP contribution < -0.4 is 4.74 Å². The quantitative estimate of drug-likeness (QED) is 0.504. The van der Waals surface area contributed by atoms with Crippen molar-refractivity contribution in [3.8, 4) is 11.5 Å². The van der Waals surface area contributed by atoms with Gasteiger partial charge in [0, 0.05) is 25.8 Å². The first kappa shape index (κ1) is 16.1. The molecule has 1 aliphatic rings. The topological polar surface area (TPSA) is 85.2 Å². The van der Waals surface area contributed by atoms with E-state index in [-0.39, 0.29) is 34.8 Å². The van der Waals surface area contributed by atoms with Crippen molar-refractivity contribution in [3.05, 3.63) is 41.5 Å². The van der Waals surface area contributed by atoms with Crippen LogP contribution in [0, 0.1) is 0 Å². The summed E-state index contributed by atoms with van der Waals surface area (Å²) in [6, 6.07) is 4.28. The lowest BCUT2D eigenvalue weighted by Gasteiger charge is -2.30. The van der Waals surface area contributed by atoms with Gasteiger partial charge in [-0.15, -0.1) is 0 Å². The van der Waals surface area contributed by atoms with Crippen LogP contribution in [0.3, 0.4) is 0 Å². The third-order valence-electron chi connectivity index (χ3n) is 3.56. The SMILES string of the molecule is COc1cc(O)cc(C(O)=C2C=CC(OC)(OC)CC2=O)c1. The fourth-order valence-corrected chi connectivity index (χ4v) is 2.25. The van der Waals surface area contributed by atoms with Crippen LogP contribution in [0.5, 0.6) is 11.5 Å². The van der Waals surface area contributed by atoms with Crippen LogP contribution in [0.1, 0.15) is 12.0 Å². The summed E-state index contributed by atoms with van der Waals surface area (Å²) in [6.45, 7) is 0. The number of methoxy groups -OCH3 is 3. The Bertz CT molecular complexity index is 640. The van der Waals surface area contributed by atoms with Crippen LogP contribution in [0.25, 0.3) is 5.76 Å². The highest BCUT2D eigenvalue weighted by Gasteiger charge is 2.35. The standard InChI is InChI=1S/C16H18O6/c1-20-12-7-10(6-11(17)8-12)15(19)13-4-5-16(21-2,22-3)9-14(13)18/h4-8,17,19H,9H2,1-3H3. The minimum atomic E-state index is -1.11. The second-order valence-electron chi connectivity index (χ2n) is 4.84. The molecule has 1 aromatic carbocycles. The number of carbonyl (C=O) groups is 1. The average molecular weight is 306 g/mol. The molecule has 118 valence electrons. The fraction of sp³-hybridized carbons (Fsp3) is 0.312. The Morgan fingerprint density at radius 3 is 2.41 bits per heavy atom. The van der Waals surface area contributed by atoms with Gasteiger partial charge in [0.05, 0.1) is 19.1 Å². The number of hydrogen-bond donors (Lipinski definition) is 2. The molecule has 0 fully saturated rings. The number of phenols is 1. The van der Waals surface area contributed by atoms with E-state index in [1.165, 1.54) is 45.6 Å². The maximum Gasteiger partial charge on any atom is 0.194 e. The van der Waals surface area contributed by atoms with Crippen LogP contribution in [0.15, 0.2) is 35.9 Å². The van der Waals surface area contributed by atoms with Gasteiger partial charge in [-0.05, 0) is 24.3 Å². The molecule has 1 aromatic rings. The van der Waals surface area contributed by atoms with Gasteiger partial charge >= 0.3 is 0 Å². The Hall–Kier alpha value is -2.31. The van der Waals surface area contributed by atoms with Crippen LogP contribution in [-0.4, -0.2) is 43.1 Å². The van der Waals surface area contributed by atoms with Gasteiger partial charge in [0.1, 0.15) is 17.3 Å². The Morgan fingerprint density at radius 2 is 1.86 bits per heavy atom. The molecule has 0 saturated heterocycles. The number of Topliss-reactive ketones (excluding diaryl/α,β-unsaturated/α-hetero) is 1. The molecule has 0 bridgehead atoms. The molecule has 0 atom stereocenters. The summed E-state index contributed by atoms with van der Waals surface area (Å²) < 4.78 is 15.4. The first-order chi connectivity index (χ1) is 10.4. The van der Waals surface area contributed by atoms with Crippen LogP contribution in [0.4, 0.5) is 0 Å². The number of aliphatic hydroxyl groups excluding tert-OH is 1. The molecule has 0 aromatic heterocycles. The zero-order chi connectivity index (χ0) is 16.3. The number of ether oxygens (including phenoxy) is 3. The lowest BCUT2D eigenvalue weighted by molar-refractivity contribution is -0.178. The van der Waals surface area contributed by atoms with E-state index in [1.807, 2.05) is 0 Å². The molecule has 0 heterocycles. The number of phenolic OH excluding ortho intramolecular Hbond substituents is 1. The van der Waals surface area contributed by atoms with Gasteiger partial charge in [-0.3, -0.25) is 4.79 Å². The minimum absolute atomic E-state index is 0.0498. The summed E-state index contributed by atoms with van der Waals surface area (Å²) in [4.78, 5) is 12.3. The zero-order valence-corrected chi connectivity index (χ0v) is 12.6. The van der Waals surface area contributed by atoms with Crippen molar-refractivity contribution in [2.45, 2.75) is 12.2 Å².